The number of benzene rings is 1. The van der Waals surface area contributed by atoms with E-state index in [1.807, 2.05) is 32.1 Å². The van der Waals surface area contributed by atoms with Crippen molar-refractivity contribution in [2.45, 2.75) is 13.3 Å². The van der Waals surface area contributed by atoms with Crippen molar-refractivity contribution in [2.75, 3.05) is 19.0 Å². The number of halogens is 1. The number of rotatable bonds is 4. The van der Waals surface area contributed by atoms with E-state index in [1.165, 1.54) is 17.8 Å². The summed E-state index contributed by atoms with van der Waals surface area (Å²) in [5.74, 6) is 0.394. The maximum atomic E-state index is 13.2. The molecule has 144 valence electrons. The van der Waals surface area contributed by atoms with Gasteiger partial charge in [0.05, 0.1) is 16.8 Å². The molecule has 0 amide bonds. The van der Waals surface area contributed by atoms with Gasteiger partial charge in [-0.05, 0) is 30.3 Å². The van der Waals surface area contributed by atoms with Gasteiger partial charge in [0.15, 0.2) is 0 Å². The molecule has 0 saturated heterocycles. The Morgan fingerprint density at radius 3 is 2.50 bits per heavy atom. The maximum absolute atomic E-state index is 13.2. The Morgan fingerprint density at radius 1 is 1.14 bits per heavy atom. The molecule has 0 spiro atoms. The topological polar surface area (TPSA) is 65.2 Å². The van der Waals surface area contributed by atoms with Gasteiger partial charge in [0, 0.05) is 34.3 Å². The van der Waals surface area contributed by atoms with Crippen LogP contribution in [0.15, 0.2) is 47.7 Å². The van der Waals surface area contributed by atoms with Crippen LogP contribution in [0.1, 0.15) is 6.92 Å². The van der Waals surface area contributed by atoms with E-state index < -0.39 is 6.36 Å². The fourth-order valence-electron chi connectivity index (χ4n) is 3.39. The summed E-state index contributed by atoms with van der Waals surface area (Å²) in [6.07, 6.45) is 1.82. The first-order valence-electron chi connectivity index (χ1n) is 8.81. The number of pyridine rings is 1. The van der Waals surface area contributed by atoms with Crippen molar-refractivity contribution < 1.29 is 9.13 Å². The zero-order chi connectivity index (χ0) is 20.0. The molecule has 0 saturated carbocycles. The lowest BCUT2D eigenvalue weighted by Gasteiger charge is -2.13. The molecule has 1 unspecified atom stereocenters. The van der Waals surface area contributed by atoms with E-state index in [1.54, 1.807) is 35.0 Å². The number of fused-ring (bicyclic) bond motifs is 3. The number of aryl methyl sites for hydroxylation is 1. The second-order valence-corrected chi connectivity index (χ2v) is 6.75. The lowest BCUT2D eigenvalue weighted by molar-refractivity contribution is 0.0860. The average molecular weight is 381 g/mol. The predicted octanol–water partition coefficient (Wildman–Crippen LogP) is 3.03. The maximum Gasteiger partial charge on any atom is 0.282 e. The van der Waals surface area contributed by atoms with Crippen LogP contribution in [-0.4, -0.2) is 39.6 Å². The van der Waals surface area contributed by atoms with Gasteiger partial charge in [0.1, 0.15) is 28.8 Å². The molecule has 0 aliphatic heterocycles. The summed E-state index contributed by atoms with van der Waals surface area (Å²) in [4.78, 5) is 24.2. The third kappa shape index (κ3) is 2.77. The van der Waals surface area contributed by atoms with E-state index in [0.29, 0.717) is 28.1 Å². The first kappa shape index (κ1) is 18.0. The smallest absolute Gasteiger partial charge is 0.282 e. The zero-order valence-electron chi connectivity index (χ0n) is 16.0. The second-order valence-electron chi connectivity index (χ2n) is 6.75. The van der Waals surface area contributed by atoms with Gasteiger partial charge in [0.25, 0.3) is 5.56 Å². The molecule has 28 heavy (non-hydrogen) atoms. The Labute approximate surface area is 160 Å². The SMILES string of the molecule is CC(F)Oc1ccc(-n2cnc3c4c(N(C)C)ccnc4n(C)c3c2=O)cc1. The number of hydrogen-bond acceptors (Lipinski definition) is 5. The quantitative estimate of drug-likeness (QED) is 0.544. The van der Waals surface area contributed by atoms with Gasteiger partial charge in [-0.2, -0.15) is 0 Å². The van der Waals surface area contributed by atoms with Gasteiger partial charge in [-0.3, -0.25) is 9.36 Å². The zero-order valence-corrected chi connectivity index (χ0v) is 16.0. The van der Waals surface area contributed by atoms with E-state index in [0.717, 1.165) is 11.1 Å². The summed E-state index contributed by atoms with van der Waals surface area (Å²) in [7, 11) is 5.69. The minimum Gasteiger partial charge on any atom is -0.461 e. The summed E-state index contributed by atoms with van der Waals surface area (Å²) in [5, 5.41) is 0.843. The molecule has 0 aliphatic rings. The van der Waals surface area contributed by atoms with Crippen LogP contribution in [0.5, 0.6) is 5.75 Å². The molecule has 0 N–H and O–H groups in total. The van der Waals surface area contributed by atoms with Crippen LogP contribution in [0.4, 0.5) is 10.1 Å². The Kier molecular flexibility index (Phi) is 4.26. The monoisotopic (exact) mass is 381 g/mol. The summed E-state index contributed by atoms with van der Waals surface area (Å²) in [5.41, 5.74) is 3.14. The molecule has 4 rings (SSSR count). The standard InChI is InChI=1S/C20H20FN5O2/c1-12(21)28-14-7-5-13(6-8-14)26-11-23-17-16-15(24(2)3)9-10-22-19(16)25(4)18(17)20(26)27/h5-12H,1-4H3. The van der Waals surface area contributed by atoms with Crippen LogP contribution in [0.25, 0.3) is 27.8 Å². The van der Waals surface area contributed by atoms with Gasteiger partial charge < -0.3 is 14.2 Å². The highest BCUT2D eigenvalue weighted by Gasteiger charge is 2.19. The highest BCUT2D eigenvalue weighted by atomic mass is 19.1. The fraction of sp³-hybridized carbons (Fsp3) is 0.250. The molecule has 0 fully saturated rings. The molecule has 0 aliphatic carbocycles. The Balaban J connectivity index is 1.93. The van der Waals surface area contributed by atoms with Crippen LogP contribution >= 0.6 is 0 Å². The summed E-state index contributed by atoms with van der Waals surface area (Å²) in [6, 6.07) is 8.53. The summed E-state index contributed by atoms with van der Waals surface area (Å²) >= 11 is 0. The third-order valence-corrected chi connectivity index (χ3v) is 4.64. The van der Waals surface area contributed by atoms with Crippen LogP contribution in [0, 0.1) is 0 Å². The minimum atomic E-state index is -1.40. The first-order valence-corrected chi connectivity index (χ1v) is 8.81. The van der Waals surface area contributed by atoms with Crippen molar-refractivity contribution in [2.24, 2.45) is 7.05 Å². The first-order chi connectivity index (χ1) is 13.4. The van der Waals surface area contributed by atoms with Gasteiger partial charge in [-0.25, -0.2) is 14.4 Å². The molecule has 7 nitrogen and oxygen atoms in total. The Hall–Kier alpha value is -3.42. The van der Waals surface area contributed by atoms with Crippen molar-refractivity contribution >= 4 is 27.8 Å². The van der Waals surface area contributed by atoms with Crippen LogP contribution < -0.4 is 15.2 Å². The third-order valence-electron chi connectivity index (χ3n) is 4.64. The van der Waals surface area contributed by atoms with Crippen LogP contribution in [0.3, 0.4) is 0 Å². The molecule has 8 heteroatoms. The van der Waals surface area contributed by atoms with Gasteiger partial charge in [-0.15, -0.1) is 0 Å². The molecule has 3 aromatic heterocycles. The normalized spacial score (nSPS) is 12.5. The van der Waals surface area contributed by atoms with Crippen LogP contribution in [-0.2, 0) is 7.05 Å². The van der Waals surface area contributed by atoms with Crippen molar-refractivity contribution in [1.29, 1.82) is 0 Å². The van der Waals surface area contributed by atoms with E-state index in [4.69, 9.17) is 4.74 Å². The summed E-state index contributed by atoms with van der Waals surface area (Å²) < 4.78 is 21.2. The highest BCUT2D eigenvalue weighted by Crippen LogP contribution is 2.31. The number of hydrogen-bond donors (Lipinski definition) is 0. The lowest BCUT2D eigenvalue weighted by Crippen LogP contribution is -2.20. The molecular formula is C20H20FN5O2. The second kappa shape index (κ2) is 6.63. The number of aromatic nitrogens is 4. The van der Waals surface area contributed by atoms with Crippen molar-refractivity contribution in [3.05, 3.63) is 53.2 Å². The van der Waals surface area contributed by atoms with Gasteiger partial charge >= 0.3 is 0 Å². The van der Waals surface area contributed by atoms with Crippen molar-refractivity contribution in [1.82, 2.24) is 19.1 Å². The average Bonchev–Trinajstić information content (AvgIpc) is 2.96. The number of anilines is 1. The summed E-state index contributed by atoms with van der Waals surface area (Å²) in [6.45, 7) is 1.31. The van der Waals surface area contributed by atoms with E-state index >= 15 is 0 Å². The van der Waals surface area contributed by atoms with E-state index in [9.17, 15) is 9.18 Å². The van der Waals surface area contributed by atoms with Gasteiger partial charge in [0.2, 0.25) is 6.36 Å². The molecular weight excluding hydrogens is 361 g/mol. The molecule has 3 heterocycles. The Bertz CT molecular complexity index is 1230. The largest absolute Gasteiger partial charge is 0.461 e. The number of alkyl halides is 1. The highest BCUT2D eigenvalue weighted by molar-refractivity contribution is 6.10. The fourth-order valence-corrected chi connectivity index (χ4v) is 3.39. The van der Waals surface area contributed by atoms with Crippen LogP contribution in [0.2, 0.25) is 0 Å². The molecule has 4 aromatic rings. The molecule has 1 aromatic carbocycles. The van der Waals surface area contributed by atoms with E-state index in [-0.39, 0.29) is 5.56 Å². The van der Waals surface area contributed by atoms with Gasteiger partial charge in [-0.1, -0.05) is 0 Å². The van der Waals surface area contributed by atoms with Crippen molar-refractivity contribution in [3.8, 4) is 11.4 Å². The van der Waals surface area contributed by atoms with Crippen molar-refractivity contribution in [3.63, 3.8) is 0 Å². The lowest BCUT2D eigenvalue weighted by atomic mass is 10.2. The Morgan fingerprint density at radius 2 is 1.86 bits per heavy atom. The minimum absolute atomic E-state index is 0.206. The number of nitrogens with zero attached hydrogens (tertiary/aromatic N) is 5. The molecule has 1 atom stereocenters. The van der Waals surface area contributed by atoms with E-state index in [2.05, 4.69) is 9.97 Å². The molecule has 0 bridgehead atoms. The predicted molar refractivity (Wildman–Crippen MR) is 107 cm³/mol. The number of ether oxygens (including phenoxy) is 1. The molecule has 0 radical (unpaired) electrons.